The van der Waals surface area contributed by atoms with Gasteiger partial charge in [0.15, 0.2) is 0 Å². The molecular formula is C25H20N2O2S. The molecule has 1 unspecified atom stereocenters. The van der Waals surface area contributed by atoms with Crippen LogP contribution in [-0.2, 0) is 5.54 Å². The van der Waals surface area contributed by atoms with E-state index in [-0.39, 0.29) is 11.8 Å². The maximum Gasteiger partial charge on any atom is 0.266 e. The van der Waals surface area contributed by atoms with Crippen LogP contribution in [0.25, 0.3) is 10.8 Å². The van der Waals surface area contributed by atoms with E-state index in [2.05, 4.69) is 10.6 Å². The molecule has 1 atom stereocenters. The van der Waals surface area contributed by atoms with Crippen LogP contribution >= 0.6 is 11.3 Å². The van der Waals surface area contributed by atoms with Crippen molar-refractivity contribution >= 4 is 39.6 Å². The lowest BCUT2D eigenvalue weighted by Crippen LogP contribution is -2.38. The molecule has 2 heterocycles. The van der Waals surface area contributed by atoms with Gasteiger partial charge in [0.1, 0.15) is 4.88 Å². The Labute approximate surface area is 178 Å². The SMILES string of the molecule is Cc1ccccc1C1(C)NC(=O)c2cccc(NC(=O)c3scc4ccccc34)c21. The van der Waals surface area contributed by atoms with Crippen LogP contribution in [0, 0.1) is 6.92 Å². The minimum Gasteiger partial charge on any atom is -0.339 e. The summed E-state index contributed by atoms with van der Waals surface area (Å²) >= 11 is 1.43. The molecule has 0 fully saturated rings. The molecule has 5 heteroatoms. The molecule has 1 aromatic heterocycles. The standard InChI is InChI=1S/C25H20N2O2S/c1-15-8-3-6-12-19(15)25(2)21-18(23(28)27-25)11-7-13-20(21)26-24(29)22-17-10-5-4-9-16(17)14-30-22/h3-14H,1-2H3,(H,26,29)(H,27,28). The average Bonchev–Trinajstić information content (AvgIpc) is 3.28. The van der Waals surface area contributed by atoms with Crippen molar-refractivity contribution in [3.8, 4) is 0 Å². The summed E-state index contributed by atoms with van der Waals surface area (Å²) in [4.78, 5) is 26.6. The summed E-state index contributed by atoms with van der Waals surface area (Å²) < 4.78 is 0. The molecule has 0 bridgehead atoms. The molecule has 0 saturated heterocycles. The van der Waals surface area contributed by atoms with Crippen LogP contribution in [0.5, 0.6) is 0 Å². The third-order valence-electron chi connectivity index (χ3n) is 5.82. The molecule has 2 N–H and O–H groups in total. The van der Waals surface area contributed by atoms with Crippen molar-refractivity contribution in [2.75, 3.05) is 5.32 Å². The number of hydrogen-bond acceptors (Lipinski definition) is 3. The van der Waals surface area contributed by atoms with Crippen LogP contribution in [0.3, 0.4) is 0 Å². The Balaban J connectivity index is 1.61. The molecule has 3 aromatic carbocycles. The predicted octanol–water partition coefficient (Wildman–Crippen LogP) is 5.47. The number of anilines is 1. The second-order valence-corrected chi connectivity index (χ2v) is 8.61. The van der Waals surface area contributed by atoms with Crippen molar-refractivity contribution in [2.45, 2.75) is 19.4 Å². The van der Waals surface area contributed by atoms with E-state index in [1.807, 2.05) is 86.0 Å². The maximum atomic E-state index is 13.2. The zero-order valence-electron chi connectivity index (χ0n) is 16.7. The lowest BCUT2D eigenvalue weighted by atomic mass is 9.82. The van der Waals surface area contributed by atoms with Crippen molar-refractivity contribution in [3.63, 3.8) is 0 Å². The fourth-order valence-electron chi connectivity index (χ4n) is 4.42. The van der Waals surface area contributed by atoms with E-state index in [9.17, 15) is 9.59 Å². The van der Waals surface area contributed by atoms with Gasteiger partial charge < -0.3 is 10.6 Å². The normalized spacial score (nSPS) is 17.6. The summed E-state index contributed by atoms with van der Waals surface area (Å²) in [5, 5.41) is 10.2. The van der Waals surface area contributed by atoms with Crippen LogP contribution in [0.1, 0.15) is 43.6 Å². The van der Waals surface area contributed by atoms with E-state index in [0.29, 0.717) is 16.1 Å². The Bertz CT molecular complexity index is 1320. The highest BCUT2D eigenvalue weighted by Crippen LogP contribution is 2.42. The van der Waals surface area contributed by atoms with Crippen LogP contribution in [-0.4, -0.2) is 11.8 Å². The van der Waals surface area contributed by atoms with E-state index < -0.39 is 5.54 Å². The number of thiophene rings is 1. The largest absolute Gasteiger partial charge is 0.339 e. The number of aryl methyl sites for hydroxylation is 1. The topological polar surface area (TPSA) is 58.2 Å². The van der Waals surface area contributed by atoms with Gasteiger partial charge in [-0.2, -0.15) is 0 Å². The predicted molar refractivity (Wildman–Crippen MR) is 121 cm³/mol. The van der Waals surface area contributed by atoms with Gasteiger partial charge in [0.25, 0.3) is 11.8 Å². The van der Waals surface area contributed by atoms with Crippen LogP contribution in [0.2, 0.25) is 0 Å². The monoisotopic (exact) mass is 412 g/mol. The van der Waals surface area contributed by atoms with Crippen molar-refractivity contribution < 1.29 is 9.59 Å². The highest BCUT2D eigenvalue weighted by molar-refractivity contribution is 7.14. The Morgan fingerprint density at radius 1 is 1.00 bits per heavy atom. The summed E-state index contributed by atoms with van der Waals surface area (Å²) in [6, 6.07) is 21.3. The smallest absolute Gasteiger partial charge is 0.266 e. The number of nitrogens with one attached hydrogen (secondary N) is 2. The molecule has 0 aliphatic carbocycles. The minimum absolute atomic E-state index is 0.131. The van der Waals surface area contributed by atoms with Crippen molar-refractivity contribution in [3.05, 3.63) is 99.2 Å². The molecule has 2 amide bonds. The first kappa shape index (κ1) is 18.6. The molecule has 0 saturated carbocycles. The fourth-order valence-corrected chi connectivity index (χ4v) is 5.35. The van der Waals surface area contributed by atoms with Crippen molar-refractivity contribution in [2.24, 2.45) is 0 Å². The lowest BCUT2D eigenvalue weighted by Gasteiger charge is -2.29. The van der Waals surface area contributed by atoms with E-state index >= 15 is 0 Å². The van der Waals surface area contributed by atoms with Crippen LogP contribution < -0.4 is 10.6 Å². The Kier molecular flexibility index (Phi) is 4.22. The van der Waals surface area contributed by atoms with Gasteiger partial charge >= 0.3 is 0 Å². The van der Waals surface area contributed by atoms with Gasteiger partial charge in [0.05, 0.1) is 5.54 Å². The lowest BCUT2D eigenvalue weighted by molar-refractivity contribution is 0.0944. The maximum absolute atomic E-state index is 13.2. The molecule has 0 radical (unpaired) electrons. The van der Waals surface area contributed by atoms with E-state index in [4.69, 9.17) is 0 Å². The van der Waals surface area contributed by atoms with Gasteiger partial charge in [-0.3, -0.25) is 9.59 Å². The highest BCUT2D eigenvalue weighted by atomic mass is 32.1. The number of carbonyl (C=O) groups excluding carboxylic acids is 2. The number of benzene rings is 3. The Hall–Kier alpha value is -3.44. The average molecular weight is 413 g/mol. The summed E-state index contributed by atoms with van der Waals surface area (Å²) in [6.45, 7) is 4.03. The van der Waals surface area contributed by atoms with E-state index in [0.717, 1.165) is 27.5 Å². The summed E-state index contributed by atoms with van der Waals surface area (Å²) in [7, 11) is 0. The van der Waals surface area contributed by atoms with E-state index in [1.165, 1.54) is 11.3 Å². The first-order chi connectivity index (χ1) is 14.5. The quantitative estimate of drug-likeness (QED) is 0.469. The molecule has 1 aliphatic heterocycles. The molecule has 5 rings (SSSR count). The van der Waals surface area contributed by atoms with Gasteiger partial charge in [0.2, 0.25) is 0 Å². The van der Waals surface area contributed by atoms with Crippen LogP contribution in [0.4, 0.5) is 5.69 Å². The fraction of sp³-hybridized carbons (Fsp3) is 0.120. The first-order valence-corrected chi connectivity index (χ1v) is 10.7. The molecule has 1 aliphatic rings. The van der Waals surface area contributed by atoms with Gasteiger partial charge in [-0.1, -0.05) is 54.6 Å². The Morgan fingerprint density at radius 2 is 1.77 bits per heavy atom. The van der Waals surface area contributed by atoms with Crippen LogP contribution in [0.15, 0.2) is 72.1 Å². The summed E-state index contributed by atoms with van der Waals surface area (Å²) in [5.41, 5.74) is 3.42. The first-order valence-electron chi connectivity index (χ1n) is 9.79. The zero-order valence-corrected chi connectivity index (χ0v) is 17.5. The molecule has 148 valence electrons. The van der Waals surface area contributed by atoms with Gasteiger partial charge in [-0.05, 0) is 47.9 Å². The van der Waals surface area contributed by atoms with Crippen molar-refractivity contribution in [1.29, 1.82) is 0 Å². The van der Waals surface area contributed by atoms with Gasteiger partial charge in [-0.25, -0.2) is 0 Å². The number of fused-ring (bicyclic) bond motifs is 2. The molecule has 4 aromatic rings. The Morgan fingerprint density at radius 3 is 2.60 bits per heavy atom. The zero-order chi connectivity index (χ0) is 20.9. The van der Waals surface area contributed by atoms with Gasteiger partial charge in [-0.15, -0.1) is 11.3 Å². The number of hydrogen-bond donors (Lipinski definition) is 2. The highest BCUT2D eigenvalue weighted by Gasteiger charge is 2.43. The third kappa shape index (κ3) is 2.74. The minimum atomic E-state index is -0.723. The van der Waals surface area contributed by atoms with E-state index in [1.54, 1.807) is 0 Å². The molecule has 0 spiro atoms. The van der Waals surface area contributed by atoms with Crippen molar-refractivity contribution in [1.82, 2.24) is 5.32 Å². The number of amides is 2. The molecule has 4 nitrogen and oxygen atoms in total. The van der Waals surface area contributed by atoms with Gasteiger partial charge in [0, 0.05) is 22.2 Å². The number of rotatable bonds is 3. The second kappa shape index (κ2) is 6.82. The third-order valence-corrected chi connectivity index (χ3v) is 6.83. The molecular weight excluding hydrogens is 392 g/mol. The molecule has 30 heavy (non-hydrogen) atoms. The summed E-state index contributed by atoms with van der Waals surface area (Å²) in [5.74, 6) is -0.297. The summed E-state index contributed by atoms with van der Waals surface area (Å²) in [6.07, 6.45) is 0. The number of carbonyl (C=O) groups is 2. The second-order valence-electron chi connectivity index (χ2n) is 7.73.